The Labute approximate surface area is 87.4 Å². The molecule has 3 nitrogen and oxygen atoms in total. The van der Waals surface area contributed by atoms with E-state index in [9.17, 15) is 4.39 Å². The zero-order valence-electron chi connectivity index (χ0n) is 8.42. The number of aromatic amines is 1. The lowest BCUT2D eigenvalue weighted by Crippen LogP contribution is -2.01. The Balaban J connectivity index is 2.02. The fraction of sp³-hybridized carbons (Fsp3) is 0.182. The first-order chi connectivity index (χ1) is 7.25. The third-order valence-corrected chi connectivity index (χ3v) is 2.19. The van der Waals surface area contributed by atoms with Crippen LogP contribution in [-0.4, -0.2) is 9.97 Å². The summed E-state index contributed by atoms with van der Waals surface area (Å²) in [6.45, 7) is 2.31. The van der Waals surface area contributed by atoms with Crippen molar-refractivity contribution in [1.29, 1.82) is 0 Å². The molecule has 1 aromatic carbocycles. The maximum absolute atomic E-state index is 13.2. The molecule has 0 spiro atoms. The summed E-state index contributed by atoms with van der Waals surface area (Å²) in [7, 11) is 0. The van der Waals surface area contributed by atoms with E-state index < -0.39 is 0 Å². The van der Waals surface area contributed by atoms with Gasteiger partial charge in [-0.3, -0.25) is 0 Å². The lowest BCUT2D eigenvalue weighted by molar-refractivity contribution is 0.619. The molecule has 0 radical (unpaired) electrons. The summed E-state index contributed by atoms with van der Waals surface area (Å²) in [6.07, 6.45) is 3.44. The van der Waals surface area contributed by atoms with Crippen molar-refractivity contribution >= 4 is 5.69 Å². The summed E-state index contributed by atoms with van der Waals surface area (Å²) in [4.78, 5) is 7.03. The fourth-order valence-corrected chi connectivity index (χ4v) is 1.28. The molecule has 0 atom stereocenters. The summed E-state index contributed by atoms with van der Waals surface area (Å²) in [6, 6.07) is 5.08. The number of nitrogens with zero attached hydrogens (tertiary/aromatic N) is 1. The van der Waals surface area contributed by atoms with Crippen molar-refractivity contribution < 1.29 is 4.39 Å². The van der Waals surface area contributed by atoms with Gasteiger partial charge in [0.15, 0.2) is 0 Å². The molecule has 0 aliphatic rings. The highest BCUT2D eigenvalue weighted by molar-refractivity contribution is 5.45. The molecule has 1 aromatic heterocycles. The number of halogens is 1. The predicted octanol–water partition coefficient (Wildman–Crippen LogP) is 2.47. The minimum atomic E-state index is -0.195. The van der Waals surface area contributed by atoms with Gasteiger partial charge in [-0.05, 0) is 24.6 Å². The fourth-order valence-electron chi connectivity index (χ4n) is 1.28. The molecule has 0 saturated heterocycles. The van der Waals surface area contributed by atoms with Crippen LogP contribution < -0.4 is 5.32 Å². The van der Waals surface area contributed by atoms with Crippen molar-refractivity contribution in [3.05, 3.63) is 47.8 Å². The molecule has 2 N–H and O–H groups in total. The molecule has 0 bridgehead atoms. The highest BCUT2D eigenvalue weighted by Gasteiger charge is 1.99. The number of rotatable bonds is 3. The molecule has 0 saturated carbocycles. The molecule has 0 aliphatic heterocycles. The van der Waals surface area contributed by atoms with Crippen molar-refractivity contribution in [1.82, 2.24) is 9.97 Å². The maximum Gasteiger partial charge on any atom is 0.128 e. The standard InChI is InChI=1S/C11H12FN3/c1-8-2-3-9(6-10(8)12)15-7-11-13-4-5-14-11/h2-6,15H,7H2,1H3,(H,13,14). The molecule has 15 heavy (non-hydrogen) atoms. The normalized spacial score (nSPS) is 10.3. The average Bonchev–Trinajstić information content (AvgIpc) is 2.73. The largest absolute Gasteiger partial charge is 0.378 e. The van der Waals surface area contributed by atoms with E-state index in [0.29, 0.717) is 12.1 Å². The molecule has 0 fully saturated rings. The zero-order chi connectivity index (χ0) is 10.7. The van der Waals surface area contributed by atoms with Gasteiger partial charge in [-0.1, -0.05) is 6.07 Å². The number of hydrogen-bond acceptors (Lipinski definition) is 2. The van der Waals surface area contributed by atoms with Gasteiger partial charge >= 0.3 is 0 Å². The van der Waals surface area contributed by atoms with Crippen LogP contribution in [0.1, 0.15) is 11.4 Å². The van der Waals surface area contributed by atoms with Crippen LogP contribution >= 0.6 is 0 Å². The Bertz CT molecular complexity index is 437. The van der Waals surface area contributed by atoms with Gasteiger partial charge in [-0.25, -0.2) is 9.37 Å². The first-order valence-corrected chi connectivity index (χ1v) is 4.74. The van der Waals surface area contributed by atoms with Gasteiger partial charge in [0.05, 0.1) is 6.54 Å². The van der Waals surface area contributed by atoms with E-state index in [1.54, 1.807) is 25.4 Å². The third-order valence-electron chi connectivity index (χ3n) is 2.19. The van der Waals surface area contributed by atoms with Crippen LogP contribution in [0.5, 0.6) is 0 Å². The van der Waals surface area contributed by atoms with E-state index in [-0.39, 0.29) is 5.82 Å². The van der Waals surface area contributed by atoms with Gasteiger partial charge in [0.2, 0.25) is 0 Å². The minimum absolute atomic E-state index is 0.195. The Kier molecular flexibility index (Phi) is 2.67. The summed E-state index contributed by atoms with van der Waals surface area (Å²) >= 11 is 0. The molecule has 78 valence electrons. The monoisotopic (exact) mass is 205 g/mol. The Hall–Kier alpha value is -1.84. The van der Waals surface area contributed by atoms with Gasteiger partial charge in [0.1, 0.15) is 11.6 Å². The van der Waals surface area contributed by atoms with E-state index in [1.807, 2.05) is 6.07 Å². The second kappa shape index (κ2) is 4.13. The number of aromatic nitrogens is 2. The Morgan fingerprint density at radius 3 is 3.00 bits per heavy atom. The lowest BCUT2D eigenvalue weighted by atomic mass is 10.2. The molecule has 0 aliphatic carbocycles. The third kappa shape index (κ3) is 2.34. The van der Waals surface area contributed by atoms with Crippen LogP contribution in [-0.2, 0) is 6.54 Å². The number of nitrogens with one attached hydrogen (secondary N) is 2. The molecule has 2 aromatic rings. The van der Waals surface area contributed by atoms with Crippen LogP contribution in [0, 0.1) is 12.7 Å². The SMILES string of the molecule is Cc1ccc(NCc2ncc[nH]2)cc1F. The topological polar surface area (TPSA) is 40.7 Å². The summed E-state index contributed by atoms with van der Waals surface area (Å²) in [5.41, 5.74) is 1.41. The van der Waals surface area contributed by atoms with Crippen LogP contribution in [0.25, 0.3) is 0 Å². The first kappa shape index (κ1) is 9.71. The summed E-state index contributed by atoms with van der Waals surface area (Å²) < 4.78 is 13.2. The molecular weight excluding hydrogens is 193 g/mol. The molecular formula is C11H12FN3. The van der Waals surface area contributed by atoms with E-state index in [2.05, 4.69) is 15.3 Å². The number of hydrogen-bond donors (Lipinski definition) is 2. The van der Waals surface area contributed by atoms with E-state index in [1.165, 1.54) is 6.07 Å². The Morgan fingerprint density at radius 1 is 1.47 bits per heavy atom. The van der Waals surface area contributed by atoms with Crippen LogP contribution in [0.4, 0.5) is 10.1 Å². The number of imidazole rings is 1. The number of H-pyrrole nitrogens is 1. The van der Waals surface area contributed by atoms with E-state index in [4.69, 9.17) is 0 Å². The van der Waals surface area contributed by atoms with Crippen LogP contribution in [0.3, 0.4) is 0 Å². The number of benzene rings is 1. The van der Waals surface area contributed by atoms with Crippen molar-refractivity contribution in [2.45, 2.75) is 13.5 Å². The predicted molar refractivity (Wildman–Crippen MR) is 57.1 cm³/mol. The van der Waals surface area contributed by atoms with Gasteiger partial charge in [-0.15, -0.1) is 0 Å². The highest BCUT2D eigenvalue weighted by Crippen LogP contribution is 2.13. The highest BCUT2D eigenvalue weighted by atomic mass is 19.1. The molecule has 0 amide bonds. The van der Waals surface area contributed by atoms with Crippen LogP contribution in [0.2, 0.25) is 0 Å². The smallest absolute Gasteiger partial charge is 0.128 e. The van der Waals surface area contributed by atoms with Crippen molar-refractivity contribution in [3.63, 3.8) is 0 Å². The second-order valence-electron chi connectivity index (χ2n) is 3.35. The lowest BCUT2D eigenvalue weighted by Gasteiger charge is -2.05. The zero-order valence-corrected chi connectivity index (χ0v) is 8.42. The van der Waals surface area contributed by atoms with Crippen LogP contribution in [0.15, 0.2) is 30.6 Å². The quantitative estimate of drug-likeness (QED) is 0.808. The molecule has 2 rings (SSSR count). The molecule has 4 heteroatoms. The average molecular weight is 205 g/mol. The second-order valence-corrected chi connectivity index (χ2v) is 3.35. The van der Waals surface area contributed by atoms with Gasteiger partial charge < -0.3 is 10.3 Å². The van der Waals surface area contributed by atoms with E-state index in [0.717, 1.165) is 11.5 Å². The van der Waals surface area contributed by atoms with Crippen molar-refractivity contribution in [2.24, 2.45) is 0 Å². The Morgan fingerprint density at radius 2 is 2.33 bits per heavy atom. The van der Waals surface area contributed by atoms with E-state index >= 15 is 0 Å². The van der Waals surface area contributed by atoms with Crippen molar-refractivity contribution in [3.8, 4) is 0 Å². The summed E-state index contributed by atoms with van der Waals surface area (Å²) in [5.74, 6) is 0.635. The van der Waals surface area contributed by atoms with Crippen molar-refractivity contribution in [2.75, 3.05) is 5.32 Å². The minimum Gasteiger partial charge on any atom is -0.378 e. The molecule has 1 heterocycles. The maximum atomic E-state index is 13.2. The van der Waals surface area contributed by atoms with Gasteiger partial charge in [0, 0.05) is 18.1 Å². The van der Waals surface area contributed by atoms with Gasteiger partial charge in [0.25, 0.3) is 0 Å². The number of aryl methyl sites for hydroxylation is 1. The first-order valence-electron chi connectivity index (χ1n) is 4.74. The molecule has 0 unspecified atom stereocenters. The van der Waals surface area contributed by atoms with Gasteiger partial charge in [-0.2, -0.15) is 0 Å². The summed E-state index contributed by atoms with van der Waals surface area (Å²) in [5, 5.41) is 3.08. The number of anilines is 1.